The van der Waals surface area contributed by atoms with Crippen LogP contribution in [0, 0.1) is 17.7 Å². The summed E-state index contributed by atoms with van der Waals surface area (Å²) in [7, 11) is 0. The Kier molecular flexibility index (Phi) is 4.53. The zero-order chi connectivity index (χ0) is 15.0. The Labute approximate surface area is 131 Å². The number of benzene rings is 1. The number of hydrogen-bond acceptors (Lipinski definition) is 2. The number of halogens is 2. The molecule has 0 bridgehead atoms. The fraction of sp³-hybridized carbons (Fsp3) is 0.647. The van der Waals surface area contributed by atoms with Gasteiger partial charge in [0.1, 0.15) is 5.82 Å². The maximum Gasteiger partial charge on any atom is 0.129 e. The van der Waals surface area contributed by atoms with E-state index in [1.165, 1.54) is 18.9 Å². The molecule has 2 unspecified atom stereocenters. The molecule has 2 aliphatic rings. The summed E-state index contributed by atoms with van der Waals surface area (Å²) in [5.41, 5.74) is 0.647. The Hall–Kier alpha value is -0.640. The molecule has 0 aromatic heterocycles. The number of rotatable bonds is 4. The second-order valence-electron chi connectivity index (χ2n) is 6.79. The largest absolute Gasteiger partial charge is 0.311 e. The van der Waals surface area contributed by atoms with Gasteiger partial charge in [0.25, 0.3) is 0 Å². The summed E-state index contributed by atoms with van der Waals surface area (Å²) in [5, 5.41) is 4.21. The van der Waals surface area contributed by atoms with E-state index in [4.69, 9.17) is 11.6 Å². The average Bonchev–Trinajstić information content (AvgIpc) is 3.27. The van der Waals surface area contributed by atoms with Gasteiger partial charge in [0.2, 0.25) is 0 Å². The van der Waals surface area contributed by atoms with Gasteiger partial charge in [0.05, 0.1) is 0 Å². The predicted molar refractivity (Wildman–Crippen MR) is 85.0 cm³/mol. The second kappa shape index (κ2) is 6.23. The molecular formula is C17H24ClFN2. The maximum absolute atomic E-state index is 14.1. The van der Waals surface area contributed by atoms with Crippen molar-refractivity contribution in [3.05, 3.63) is 34.6 Å². The highest BCUT2D eigenvalue weighted by atomic mass is 35.5. The topological polar surface area (TPSA) is 15.3 Å². The molecule has 1 aliphatic heterocycles. The molecule has 1 N–H and O–H groups in total. The van der Waals surface area contributed by atoms with E-state index in [2.05, 4.69) is 24.1 Å². The summed E-state index contributed by atoms with van der Waals surface area (Å²) in [6.45, 7) is 7.09. The van der Waals surface area contributed by atoms with E-state index in [-0.39, 0.29) is 5.82 Å². The molecule has 21 heavy (non-hydrogen) atoms. The standard InChI is InChI=1S/C17H24ClFN2/c1-11(2)16-10-21(17(8-20-16)12-6-7-12)9-13-14(18)4-3-5-15(13)19/h3-5,11-12,16-17,20H,6-10H2,1-2H3. The van der Waals surface area contributed by atoms with Gasteiger partial charge >= 0.3 is 0 Å². The lowest BCUT2D eigenvalue weighted by molar-refractivity contribution is 0.0916. The first-order valence-corrected chi connectivity index (χ1v) is 8.34. The van der Waals surface area contributed by atoms with Crippen molar-refractivity contribution in [2.75, 3.05) is 13.1 Å². The van der Waals surface area contributed by atoms with E-state index in [0.717, 1.165) is 19.0 Å². The Morgan fingerprint density at radius 2 is 2.14 bits per heavy atom. The minimum atomic E-state index is -0.184. The van der Waals surface area contributed by atoms with Gasteiger partial charge in [-0.25, -0.2) is 4.39 Å². The Morgan fingerprint density at radius 3 is 2.76 bits per heavy atom. The molecule has 1 saturated carbocycles. The highest BCUT2D eigenvalue weighted by Crippen LogP contribution is 2.37. The van der Waals surface area contributed by atoms with Crippen LogP contribution < -0.4 is 5.32 Å². The quantitative estimate of drug-likeness (QED) is 0.912. The van der Waals surface area contributed by atoms with Crippen LogP contribution in [0.1, 0.15) is 32.3 Å². The van der Waals surface area contributed by atoms with Gasteiger partial charge in [-0.3, -0.25) is 4.90 Å². The predicted octanol–water partition coefficient (Wildman–Crippen LogP) is 3.69. The first-order chi connectivity index (χ1) is 10.1. The Balaban J connectivity index is 1.78. The normalized spacial score (nSPS) is 27.3. The van der Waals surface area contributed by atoms with Crippen molar-refractivity contribution in [1.82, 2.24) is 10.2 Å². The van der Waals surface area contributed by atoms with Crippen LogP contribution in [0.25, 0.3) is 0 Å². The van der Waals surface area contributed by atoms with Gasteiger partial charge in [0, 0.05) is 42.3 Å². The van der Waals surface area contributed by atoms with Crippen molar-refractivity contribution < 1.29 is 4.39 Å². The van der Waals surface area contributed by atoms with Crippen molar-refractivity contribution >= 4 is 11.6 Å². The first kappa shape index (κ1) is 15.3. The van der Waals surface area contributed by atoms with Gasteiger partial charge in [0.15, 0.2) is 0 Å². The van der Waals surface area contributed by atoms with E-state index in [9.17, 15) is 4.39 Å². The molecule has 2 fully saturated rings. The van der Waals surface area contributed by atoms with Crippen LogP contribution in [-0.4, -0.2) is 30.1 Å². The molecule has 0 spiro atoms. The fourth-order valence-electron chi connectivity index (χ4n) is 3.31. The highest BCUT2D eigenvalue weighted by Gasteiger charge is 2.39. The minimum absolute atomic E-state index is 0.184. The van der Waals surface area contributed by atoms with Crippen LogP contribution in [0.5, 0.6) is 0 Å². The molecule has 1 heterocycles. The molecule has 0 amide bonds. The second-order valence-corrected chi connectivity index (χ2v) is 7.20. The van der Waals surface area contributed by atoms with Crippen LogP contribution in [0.4, 0.5) is 4.39 Å². The summed E-state index contributed by atoms with van der Waals surface area (Å²) >= 11 is 6.21. The van der Waals surface area contributed by atoms with Crippen LogP contribution in [-0.2, 0) is 6.54 Å². The van der Waals surface area contributed by atoms with Gasteiger partial charge in [-0.1, -0.05) is 31.5 Å². The third-order valence-corrected chi connectivity index (χ3v) is 5.24. The van der Waals surface area contributed by atoms with Crippen molar-refractivity contribution in [3.8, 4) is 0 Å². The van der Waals surface area contributed by atoms with E-state index in [1.54, 1.807) is 12.1 Å². The van der Waals surface area contributed by atoms with E-state index >= 15 is 0 Å². The van der Waals surface area contributed by atoms with Gasteiger partial charge in [-0.2, -0.15) is 0 Å². The molecule has 3 rings (SSSR count). The zero-order valence-corrected chi connectivity index (χ0v) is 13.5. The summed E-state index contributed by atoms with van der Waals surface area (Å²) in [6.07, 6.45) is 2.61. The van der Waals surface area contributed by atoms with E-state index in [1.807, 2.05) is 0 Å². The Bertz CT molecular complexity index is 481. The van der Waals surface area contributed by atoms with Crippen molar-refractivity contribution in [3.63, 3.8) is 0 Å². The lowest BCUT2D eigenvalue weighted by Gasteiger charge is -2.42. The third-order valence-electron chi connectivity index (χ3n) is 4.88. The number of hydrogen-bond donors (Lipinski definition) is 1. The average molecular weight is 311 g/mol. The maximum atomic E-state index is 14.1. The molecule has 4 heteroatoms. The molecule has 1 aromatic rings. The van der Waals surface area contributed by atoms with Crippen LogP contribution in [0.15, 0.2) is 18.2 Å². The Morgan fingerprint density at radius 1 is 1.38 bits per heavy atom. The highest BCUT2D eigenvalue weighted by molar-refractivity contribution is 6.31. The fourth-order valence-corrected chi connectivity index (χ4v) is 3.54. The third kappa shape index (κ3) is 3.41. The lowest BCUT2D eigenvalue weighted by Crippen LogP contribution is -2.58. The molecule has 116 valence electrons. The van der Waals surface area contributed by atoms with Gasteiger partial charge < -0.3 is 5.32 Å². The monoisotopic (exact) mass is 310 g/mol. The van der Waals surface area contributed by atoms with Crippen LogP contribution in [0.3, 0.4) is 0 Å². The smallest absolute Gasteiger partial charge is 0.129 e. The first-order valence-electron chi connectivity index (χ1n) is 7.96. The molecule has 0 radical (unpaired) electrons. The molecule has 2 atom stereocenters. The van der Waals surface area contributed by atoms with Crippen molar-refractivity contribution in [2.24, 2.45) is 11.8 Å². The zero-order valence-electron chi connectivity index (χ0n) is 12.8. The van der Waals surface area contributed by atoms with Crippen LogP contribution in [0.2, 0.25) is 5.02 Å². The molecule has 2 nitrogen and oxygen atoms in total. The molecule has 1 saturated heterocycles. The number of nitrogens with zero attached hydrogens (tertiary/aromatic N) is 1. The lowest BCUT2D eigenvalue weighted by atomic mass is 9.97. The SMILES string of the molecule is CC(C)C1CN(Cc2c(F)cccc2Cl)C(C2CC2)CN1. The number of piperazine rings is 1. The molecule has 1 aliphatic carbocycles. The number of nitrogens with one attached hydrogen (secondary N) is 1. The van der Waals surface area contributed by atoms with Gasteiger partial charge in [-0.15, -0.1) is 0 Å². The summed E-state index contributed by atoms with van der Waals surface area (Å²) in [6, 6.07) is 5.97. The molecular weight excluding hydrogens is 287 g/mol. The summed E-state index contributed by atoms with van der Waals surface area (Å²) in [5.74, 6) is 1.18. The minimum Gasteiger partial charge on any atom is -0.311 e. The summed E-state index contributed by atoms with van der Waals surface area (Å²) in [4.78, 5) is 2.45. The van der Waals surface area contributed by atoms with Gasteiger partial charge in [-0.05, 0) is 36.8 Å². The summed E-state index contributed by atoms with van der Waals surface area (Å²) < 4.78 is 14.1. The van der Waals surface area contributed by atoms with Crippen molar-refractivity contribution in [2.45, 2.75) is 45.3 Å². The molecule has 1 aromatic carbocycles. The van der Waals surface area contributed by atoms with E-state index in [0.29, 0.717) is 35.1 Å². The van der Waals surface area contributed by atoms with E-state index < -0.39 is 0 Å². The van der Waals surface area contributed by atoms with Crippen LogP contribution >= 0.6 is 11.6 Å². The van der Waals surface area contributed by atoms with Crippen molar-refractivity contribution in [1.29, 1.82) is 0 Å².